The van der Waals surface area contributed by atoms with Crippen molar-refractivity contribution >= 4 is 18.5 Å². The molecule has 1 aromatic carbocycles. The van der Waals surface area contributed by atoms with E-state index in [1.165, 1.54) is 0 Å². The van der Waals surface area contributed by atoms with Gasteiger partial charge in [-0.15, -0.1) is 0 Å². The second-order valence-corrected chi connectivity index (χ2v) is 6.15. The van der Waals surface area contributed by atoms with Crippen LogP contribution in [0.4, 0.5) is 0 Å². The van der Waals surface area contributed by atoms with Gasteiger partial charge in [-0.3, -0.25) is 4.79 Å². The lowest BCUT2D eigenvalue weighted by Crippen LogP contribution is -2.33. The molecule has 1 heterocycles. The SMILES string of the molecule is CCC(CNC(=O)c1cccc2c1COB2O)CC(C)C. The van der Waals surface area contributed by atoms with E-state index in [1.54, 1.807) is 18.2 Å². The van der Waals surface area contributed by atoms with E-state index in [1.807, 2.05) is 0 Å². The molecule has 0 aliphatic carbocycles. The van der Waals surface area contributed by atoms with E-state index < -0.39 is 7.12 Å². The Bertz CT molecular complexity index is 504. The number of fused-ring (bicyclic) bond motifs is 1. The van der Waals surface area contributed by atoms with E-state index >= 15 is 0 Å². The molecule has 4 nitrogen and oxygen atoms in total. The van der Waals surface area contributed by atoms with Crippen LogP contribution in [-0.4, -0.2) is 24.6 Å². The van der Waals surface area contributed by atoms with Crippen molar-refractivity contribution in [1.29, 1.82) is 0 Å². The molecular formula is C16H24BNO3. The first-order valence-electron chi connectivity index (χ1n) is 7.72. The third kappa shape index (κ3) is 3.86. The fraction of sp³-hybridized carbons (Fsp3) is 0.562. The largest absolute Gasteiger partial charge is 0.491 e. The van der Waals surface area contributed by atoms with Gasteiger partial charge in [0.05, 0.1) is 6.61 Å². The van der Waals surface area contributed by atoms with Gasteiger partial charge in [-0.25, -0.2) is 0 Å². The molecule has 1 unspecified atom stereocenters. The monoisotopic (exact) mass is 289 g/mol. The van der Waals surface area contributed by atoms with Crippen LogP contribution in [0, 0.1) is 11.8 Å². The topological polar surface area (TPSA) is 58.6 Å². The molecule has 0 aromatic heterocycles. The van der Waals surface area contributed by atoms with E-state index in [2.05, 4.69) is 26.1 Å². The number of nitrogens with one attached hydrogen (secondary N) is 1. The summed E-state index contributed by atoms with van der Waals surface area (Å²) in [5.74, 6) is 1.07. The fourth-order valence-corrected chi connectivity index (χ4v) is 2.86. The van der Waals surface area contributed by atoms with Gasteiger partial charge < -0.3 is 15.0 Å². The van der Waals surface area contributed by atoms with Crippen LogP contribution in [0.3, 0.4) is 0 Å². The number of hydrogen-bond donors (Lipinski definition) is 2. The normalized spacial score (nSPS) is 15.2. The van der Waals surface area contributed by atoms with Gasteiger partial charge in [-0.2, -0.15) is 0 Å². The molecule has 5 heteroatoms. The van der Waals surface area contributed by atoms with Crippen LogP contribution in [0.1, 0.15) is 49.5 Å². The molecule has 1 amide bonds. The van der Waals surface area contributed by atoms with E-state index in [0.717, 1.165) is 18.4 Å². The predicted molar refractivity (Wildman–Crippen MR) is 84.4 cm³/mol. The van der Waals surface area contributed by atoms with Crippen molar-refractivity contribution in [3.05, 3.63) is 29.3 Å². The summed E-state index contributed by atoms with van der Waals surface area (Å²) in [5, 5.41) is 12.7. The zero-order valence-corrected chi connectivity index (χ0v) is 13.1. The molecule has 0 saturated carbocycles. The smallest absolute Gasteiger partial charge is 0.423 e. The van der Waals surface area contributed by atoms with Crippen molar-refractivity contribution in [3.63, 3.8) is 0 Å². The Morgan fingerprint density at radius 1 is 1.48 bits per heavy atom. The highest BCUT2D eigenvalue weighted by Crippen LogP contribution is 2.17. The average Bonchev–Trinajstić information content (AvgIpc) is 2.84. The van der Waals surface area contributed by atoms with E-state index in [4.69, 9.17) is 4.65 Å². The Kier molecular flexibility index (Phi) is 5.42. The van der Waals surface area contributed by atoms with Gasteiger partial charge in [-0.1, -0.05) is 39.3 Å². The number of hydrogen-bond acceptors (Lipinski definition) is 3. The molecule has 0 fully saturated rings. The fourth-order valence-electron chi connectivity index (χ4n) is 2.86. The number of rotatable bonds is 6. The summed E-state index contributed by atoms with van der Waals surface area (Å²) >= 11 is 0. The Hall–Kier alpha value is -1.33. The minimum Gasteiger partial charge on any atom is -0.423 e. The Morgan fingerprint density at radius 3 is 2.90 bits per heavy atom. The third-order valence-corrected chi connectivity index (χ3v) is 4.04. The van der Waals surface area contributed by atoms with Crippen LogP contribution in [0.2, 0.25) is 0 Å². The summed E-state index contributed by atoms with van der Waals surface area (Å²) in [6.45, 7) is 7.55. The van der Waals surface area contributed by atoms with Crippen molar-refractivity contribution in [2.75, 3.05) is 6.54 Å². The molecule has 0 bridgehead atoms. The van der Waals surface area contributed by atoms with Gasteiger partial charge in [-0.05, 0) is 35.3 Å². The maximum Gasteiger partial charge on any atom is 0.491 e. The second kappa shape index (κ2) is 7.10. The van der Waals surface area contributed by atoms with Gasteiger partial charge in [0.15, 0.2) is 0 Å². The molecule has 1 atom stereocenters. The molecule has 0 saturated heterocycles. The highest BCUT2D eigenvalue weighted by Gasteiger charge is 2.30. The lowest BCUT2D eigenvalue weighted by atomic mass is 9.78. The van der Waals surface area contributed by atoms with Crippen molar-refractivity contribution < 1.29 is 14.5 Å². The number of benzene rings is 1. The molecule has 2 rings (SSSR count). The molecular weight excluding hydrogens is 265 g/mol. The van der Waals surface area contributed by atoms with Crippen molar-refractivity contribution in [2.45, 2.75) is 40.2 Å². The molecule has 1 aromatic rings. The minimum atomic E-state index is -0.905. The first kappa shape index (κ1) is 16.1. The van der Waals surface area contributed by atoms with Gasteiger partial charge in [0.2, 0.25) is 0 Å². The van der Waals surface area contributed by atoms with Crippen LogP contribution in [0.15, 0.2) is 18.2 Å². The third-order valence-electron chi connectivity index (χ3n) is 4.04. The molecule has 2 N–H and O–H groups in total. The molecule has 0 radical (unpaired) electrons. The van der Waals surface area contributed by atoms with Crippen LogP contribution in [0.25, 0.3) is 0 Å². The predicted octanol–water partition coefficient (Wildman–Crippen LogP) is 1.71. The van der Waals surface area contributed by atoms with Crippen LogP contribution in [0.5, 0.6) is 0 Å². The molecule has 1 aliphatic rings. The first-order chi connectivity index (χ1) is 10.0. The van der Waals surface area contributed by atoms with Crippen LogP contribution < -0.4 is 10.8 Å². The molecule has 0 spiro atoms. The lowest BCUT2D eigenvalue weighted by molar-refractivity contribution is 0.0942. The van der Waals surface area contributed by atoms with Gasteiger partial charge in [0, 0.05) is 12.1 Å². The van der Waals surface area contributed by atoms with Crippen molar-refractivity contribution in [3.8, 4) is 0 Å². The quantitative estimate of drug-likeness (QED) is 0.784. The first-order valence-corrected chi connectivity index (χ1v) is 7.72. The van der Waals surface area contributed by atoms with Crippen molar-refractivity contribution in [1.82, 2.24) is 5.32 Å². The molecule has 21 heavy (non-hydrogen) atoms. The summed E-state index contributed by atoms with van der Waals surface area (Å²) in [6.07, 6.45) is 2.18. The standard InChI is InChI=1S/C16H24BNO3/c1-4-12(8-11(2)3)9-18-16(19)13-6-5-7-15-14(13)10-21-17(15)20/h5-7,11-12,20H,4,8-10H2,1-3H3,(H,18,19). The van der Waals surface area contributed by atoms with E-state index in [9.17, 15) is 9.82 Å². The summed E-state index contributed by atoms with van der Waals surface area (Å²) in [6, 6.07) is 5.38. The van der Waals surface area contributed by atoms with E-state index in [-0.39, 0.29) is 5.91 Å². The van der Waals surface area contributed by atoms with Gasteiger partial charge in [0.25, 0.3) is 5.91 Å². The number of amides is 1. The van der Waals surface area contributed by atoms with E-state index in [0.29, 0.717) is 36.0 Å². The number of carbonyl (C=O) groups is 1. The van der Waals surface area contributed by atoms with Crippen LogP contribution >= 0.6 is 0 Å². The second-order valence-electron chi connectivity index (χ2n) is 6.15. The average molecular weight is 289 g/mol. The van der Waals surface area contributed by atoms with Gasteiger partial charge in [0.1, 0.15) is 0 Å². The maximum absolute atomic E-state index is 12.4. The summed E-state index contributed by atoms with van der Waals surface area (Å²) in [5.41, 5.74) is 2.12. The zero-order chi connectivity index (χ0) is 15.4. The Labute approximate surface area is 127 Å². The highest BCUT2D eigenvalue weighted by atomic mass is 16.5. The summed E-state index contributed by atoms with van der Waals surface area (Å²) in [4.78, 5) is 12.4. The molecule has 114 valence electrons. The summed E-state index contributed by atoms with van der Waals surface area (Å²) < 4.78 is 5.19. The number of carbonyl (C=O) groups excluding carboxylic acids is 1. The Balaban J connectivity index is 2.01. The Morgan fingerprint density at radius 2 is 2.24 bits per heavy atom. The maximum atomic E-state index is 12.4. The minimum absolute atomic E-state index is 0.0771. The summed E-state index contributed by atoms with van der Waals surface area (Å²) in [7, 11) is -0.905. The van der Waals surface area contributed by atoms with Gasteiger partial charge >= 0.3 is 7.12 Å². The van der Waals surface area contributed by atoms with Crippen molar-refractivity contribution in [2.24, 2.45) is 11.8 Å². The zero-order valence-electron chi connectivity index (χ0n) is 13.1. The highest BCUT2D eigenvalue weighted by molar-refractivity contribution is 6.61. The lowest BCUT2D eigenvalue weighted by Gasteiger charge is -2.18. The molecule has 1 aliphatic heterocycles. The van der Waals surface area contributed by atoms with Crippen LogP contribution in [-0.2, 0) is 11.3 Å².